The molecule has 1 amide bonds. The molecule has 1 aromatic heterocycles. The second-order valence-corrected chi connectivity index (χ2v) is 6.36. The minimum Gasteiger partial charge on any atom is -0.355 e. The number of amides is 1. The Morgan fingerprint density at radius 1 is 1.22 bits per heavy atom. The second-order valence-electron chi connectivity index (χ2n) is 4.96. The fourth-order valence-corrected chi connectivity index (χ4v) is 2.81. The summed E-state index contributed by atoms with van der Waals surface area (Å²) in [7, 11) is -1.55. The molecule has 0 fully saturated rings. The Labute approximate surface area is 135 Å². The van der Waals surface area contributed by atoms with Gasteiger partial charge in [-0.15, -0.1) is 0 Å². The molecule has 2 aromatic rings. The van der Waals surface area contributed by atoms with E-state index in [1.165, 1.54) is 18.2 Å². The summed E-state index contributed by atoms with van der Waals surface area (Å²) in [5.41, 5.74) is 0.858. The van der Waals surface area contributed by atoms with Crippen molar-refractivity contribution in [2.45, 2.75) is 18.4 Å². The summed E-state index contributed by atoms with van der Waals surface area (Å²) >= 11 is 0. The lowest BCUT2D eigenvalue weighted by atomic mass is 10.1. The first-order valence-corrected chi connectivity index (χ1v) is 8.30. The van der Waals surface area contributed by atoms with E-state index in [9.17, 15) is 17.8 Å². The highest BCUT2D eigenvalue weighted by Crippen LogP contribution is 2.12. The summed E-state index contributed by atoms with van der Waals surface area (Å²) in [6.07, 6.45) is 1.60. The summed E-state index contributed by atoms with van der Waals surface area (Å²) in [5, 5.41) is 2.83. The summed E-state index contributed by atoms with van der Waals surface area (Å²) in [4.78, 5) is 15.7. The van der Waals surface area contributed by atoms with E-state index in [2.05, 4.69) is 10.3 Å². The zero-order valence-electron chi connectivity index (χ0n) is 12.5. The number of carbonyl (C=O) groups is 1. The van der Waals surface area contributed by atoms with Crippen molar-refractivity contribution in [1.82, 2.24) is 10.3 Å². The average molecular weight is 338 g/mol. The third-order valence-electron chi connectivity index (χ3n) is 3.14. The molecular weight excluding hydrogens is 322 g/mol. The molecule has 122 valence electrons. The largest absolute Gasteiger partial charge is 0.355 e. The van der Waals surface area contributed by atoms with E-state index in [-0.39, 0.29) is 24.3 Å². The van der Waals surface area contributed by atoms with Gasteiger partial charge in [0.15, 0.2) is 0 Å². The van der Waals surface area contributed by atoms with Gasteiger partial charge in [-0.05, 0) is 37.1 Å². The Balaban J connectivity index is 1.83. The molecule has 0 bridgehead atoms. The first-order chi connectivity index (χ1) is 11.0. The Morgan fingerprint density at radius 2 is 1.91 bits per heavy atom. The molecule has 2 rings (SSSR count). The monoisotopic (exact) mass is 338 g/mol. The van der Waals surface area contributed by atoms with Crippen LogP contribution in [0.15, 0.2) is 41.6 Å². The highest BCUT2D eigenvalue weighted by molar-refractivity contribution is 7.85. The van der Waals surface area contributed by atoms with Crippen LogP contribution in [-0.4, -0.2) is 27.4 Å². The van der Waals surface area contributed by atoms with E-state index in [1.807, 2.05) is 6.92 Å². The minimum atomic E-state index is -1.55. The van der Waals surface area contributed by atoms with E-state index in [0.29, 0.717) is 5.03 Å². The topological polar surface area (TPSA) is 59.1 Å². The average Bonchev–Trinajstić information content (AvgIpc) is 2.51. The van der Waals surface area contributed by atoms with Gasteiger partial charge in [-0.2, -0.15) is 0 Å². The number of hydrogen-bond donors (Lipinski definition) is 1. The standard InChI is InChI=1S/C16H16F2N2O2S/c1-11-5-6-16(20-9-11)23(22)10-15(21)19-8-7-12-13(17)3-2-4-14(12)18/h2-6,9H,7-8,10H2,1H3,(H,19,21). The van der Waals surface area contributed by atoms with Crippen molar-refractivity contribution in [1.29, 1.82) is 0 Å². The number of benzene rings is 1. The highest BCUT2D eigenvalue weighted by Gasteiger charge is 2.12. The van der Waals surface area contributed by atoms with Gasteiger partial charge in [0.1, 0.15) is 22.4 Å². The summed E-state index contributed by atoms with van der Waals surface area (Å²) in [6, 6.07) is 6.98. The molecule has 23 heavy (non-hydrogen) atoms. The lowest BCUT2D eigenvalue weighted by molar-refractivity contribution is -0.118. The number of carbonyl (C=O) groups excluding carboxylic acids is 1. The van der Waals surface area contributed by atoms with Crippen LogP contribution in [-0.2, 0) is 22.0 Å². The Hall–Kier alpha value is -2.15. The van der Waals surface area contributed by atoms with Gasteiger partial charge in [-0.25, -0.2) is 13.8 Å². The number of pyridine rings is 1. The van der Waals surface area contributed by atoms with Crippen molar-refractivity contribution in [2.24, 2.45) is 0 Å². The minimum absolute atomic E-state index is 0.0274. The summed E-state index contributed by atoms with van der Waals surface area (Å²) < 4.78 is 38.8. The fourth-order valence-electron chi connectivity index (χ4n) is 1.93. The van der Waals surface area contributed by atoms with E-state index in [0.717, 1.165) is 5.56 Å². The third-order valence-corrected chi connectivity index (χ3v) is 4.37. The van der Waals surface area contributed by atoms with Gasteiger partial charge < -0.3 is 5.32 Å². The van der Waals surface area contributed by atoms with Crippen molar-refractivity contribution in [3.05, 3.63) is 59.3 Å². The molecule has 0 radical (unpaired) electrons. The van der Waals surface area contributed by atoms with E-state index in [4.69, 9.17) is 0 Å². The van der Waals surface area contributed by atoms with Crippen LogP contribution in [0.5, 0.6) is 0 Å². The summed E-state index contributed by atoms with van der Waals surface area (Å²) in [5.74, 6) is -1.99. The Morgan fingerprint density at radius 3 is 2.52 bits per heavy atom. The zero-order valence-corrected chi connectivity index (χ0v) is 13.3. The molecule has 7 heteroatoms. The predicted molar refractivity (Wildman–Crippen MR) is 83.3 cm³/mol. The molecular formula is C16H16F2N2O2S. The van der Waals surface area contributed by atoms with Crippen molar-refractivity contribution in [2.75, 3.05) is 12.3 Å². The number of nitrogens with one attached hydrogen (secondary N) is 1. The van der Waals surface area contributed by atoms with Gasteiger partial charge >= 0.3 is 0 Å². The second kappa shape index (κ2) is 7.92. The van der Waals surface area contributed by atoms with Crippen molar-refractivity contribution < 1.29 is 17.8 Å². The first-order valence-electron chi connectivity index (χ1n) is 6.98. The van der Waals surface area contributed by atoms with Gasteiger partial charge in [0, 0.05) is 18.3 Å². The number of rotatable bonds is 6. The number of aryl methyl sites for hydroxylation is 1. The predicted octanol–water partition coefficient (Wildman–Crippen LogP) is 2.13. The maximum atomic E-state index is 13.4. The van der Waals surface area contributed by atoms with Gasteiger partial charge in [0.2, 0.25) is 5.91 Å². The molecule has 0 saturated carbocycles. The molecule has 0 aliphatic heterocycles. The molecule has 1 heterocycles. The third kappa shape index (κ3) is 4.92. The smallest absolute Gasteiger partial charge is 0.233 e. The van der Waals surface area contributed by atoms with E-state index >= 15 is 0 Å². The summed E-state index contributed by atoms with van der Waals surface area (Å²) in [6.45, 7) is 1.92. The fraction of sp³-hybridized carbons (Fsp3) is 0.250. The molecule has 1 atom stereocenters. The molecule has 0 saturated heterocycles. The maximum Gasteiger partial charge on any atom is 0.233 e. The number of aromatic nitrogens is 1. The van der Waals surface area contributed by atoms with Crippen LogP contribution in [0, 0.1) is 18.6 Å². The van der Waals surface area contributed by atoms with Crippen LogP contribution in [0.4, 0.5) is 8.78 Å². The molecule has 0 aliphatic carbocycles. The Bertz CT molecular complexity index is 700. The molecule has 4 nitrogen and oxygen atoms in total. The van der Waals surface area contributed by atoms with Crippen LogP contribution >= 0.6 is 0 Å². The SMILES string of the molecule is Cc1ccc(S(=O)CC(=O)NCCc2c(F)cccc2F)nc1. The molecule has 1 N–H and O–H groups in total. The van der Waals surface area contributed by atoms with Gasteiger partial charge in [-0.1, -0.05) is 12.1 Å². The lowest BCUT2D eigenvalue weighted by Crippen LogP contribution is -2.30. The number of halogens is 2. The lowest BCUT2D eigenvalue weighted by Gasteiger charge is -2.07. The highest BCUT2D eigenvalue weighted by atomic mass is 32.2. The van der Waals surface area contributed by atoms with E-state index in [1.54, 1.807) is 18.3 Å². The van der Waals surface area contributed by atoms with Gasteiger partial charge in [0.25, 0.3) is 0 Å². The zero-order chi connectivity index (χ0) is 16.8. The number of nitrogens with zero attached hydrogens (tertiary/aromatic N) is 1. The van der Waals surface area contributed by atoms with Crippen LogP contribution in [0.25, 0.3) is 0 Å². The van der Waals surface area contributed by atoms with Crippen LogP contribution in [0.1, 0.15) is 11.1 Å². The number of hydrogen-bond acceptors (Lipinski definition) is 3. The van der Waals surface area contributed by atoms with Crippen LogP contribution < -0.4 is 5.32 Å². The van der Waals surface area contributed by atoms with E-state index < -0.39 is 28.3 Å². The maximum absolute atomic E-state index is 13.4. The normalized spacial score (nSPS) is 12.0. The Kier molecular flexibility index (Phi) is 5.92. The van der Waals surface area contributed by atoms with Crippen molar-refractivity contribution in [3.8, 4) is 0 Å². The first kappa shape index (κ1) is 17.2. The van der Waals surface area contributed by atoms with Crippen molar-refractivity contribution in [3.63, 3.8) is 0 Å². The molecule has 1 aromatic carbocycles. The molecule has 0 spiro atoms. The van der Waals surface area contributed by atoms with Crippen LogP contribution in [0.3, 0.4) is 0 Å². The van der Waals surface area contributed by atoms with Crippen LogP contribution in [0.2, 0.25) is 0 Å². The van der Waals surface area contributed by atoms with Crippen molar-refractivity contribution >= 4 is 16.7 Å². The molecule has 1 unspecified atom stereocenters. The van der Waals surface area contributed by atoms with Gasteiger partial charge in [0.05, 0.1) is 10.8 Å². The quantitative estimate of drug-likeness (QED) is 0.878. The van der Waals surface area contributed by atoms with Gasteiger partial charge in [-0.3, -0.25) is 9.00 Å². The molecule has 0 aliphatic rings.